The fourth-order valence-corrected chi connectivity index (χ4v) is 1.24. The number of phenols is 2. The maximum absolute atomic E-state index is 11.3. The van der Waals surface area contributed by atoms with Gasteiger partial charge in [0, 0.05) is 12.0 Å². The summed E-state index contributed by atoms with van der Waals surface area (Å²) in [6.45, 7) is 3.83. The van der Waals surface area contributed by atoms with Crippen molar-refractivity contribution < 1.29 is 19.7 Å². The number of aromatic hydroxyl groups is 2. The minimum atomic E-state index is -0.308. The molecule has 0 aromatic heterocycles. The quantitative estimate of drug-likeness (QED) is 0.607. The molecule has 0 amide bonds. The monoisotopic (exact) mass is 224 g/mol. The molecule has 0 spiro atoms. The Kier molecular flexibility index (Phi) is 4.17. The molecule has 1 rings (SSSR count). The smallest absolute Gasteiger partial charge is 0.306 e. The zero-order chi connectivity index (χ0) is 12.1. The molecule has 0 saturated carbocycles. The van der Waals surface area contributed by atoms with Gasteiger partial charge in [0.05, 0.1) is 0 Å². The second-order valence-electron chi connectivity index (χ2n) is 4.07. The third-order valence-corrected chi connectivity index (χ3v) is 2.03. The average molecular weight is 224 g/mol. The zero-order valence-electron chi connectivity index (χ0n) is 9.43. The normalized spacial score (nSPS) is 10.4. The third-order valence-electron chi connectivity index (χ3n) is 2.03. The van der Waals surface area contributed by atoms with Crippen molar-refractivity contribution in [1.82, 2.24) is 0 Å². The Labute approximate surface area is 94.5 Å². The number of carbonyl (C=O) groups is 1. The van der Waals surface area contributed by atoms with Crippen molar-refractivity contribution in [2.45, 2.75) is 26.9 Å². The Hall–Kier alpha value is -1.71. The summed E-state index contributed by atoms with van der Waals surface area (Å²) >= 11 is 0. The summed E-state index contributed by atoms with van der Waals surface area (Å²) in [7, 11) is 0. The van der Waals surface area contributed by atoms with Crippen LogP contribution in [0.5, 0.6) is 11.5 Å². The first-order valence-corrected chi connectivity index (χ1v) is 5.15. The van der Waals surface area contributed by atoms with Gasteiger partial charge in [0.25, 0.3) is 0 Å². The molecule has 0 aliphatic carbocycles. The fourth-order valence-electron chi connectivity index (χ4n) is 1.24. The van der Waals surface area contributed by atoms with E-state index in [2.05, 4.69) is 0 Å². The van der Waals surface area contributed by atoms with Crippen molar-refractivity contribution in [2.75, 3.05) is 0 Å². The molecule has 0 bridgehead atoms. The summed E-state index contributed by atoms with van der Waals surface area (Å²) in [6.07, 6.45) is 0.347. The zero-order valence-corrected chi connectivity index (χ0v) is 9.43. The van der Waals surface area contributed by atoms with E-state index in [1.165, 1.54) is 18.2 Å². The van der Waals surface area contributed by atoms with Gasteiger partial charge in [0.2, 0.25) is 0 Å². The van der Waals surface area contributed by atoms with Crippen LogP contribution in [0.1, 0.15) is 25.8 Å². The minimum absolute atomic E-state index is 0.00940. The molecule has 1 aromatic rings. The second kappa shape index (κ2) is 5.39. The number of ether oxygens (including phenoxy) is 1. The van der Waals surface area contributed by atoms with E-state index >= 15 is 0 Å². The Morgan fingerprint density at radius 2 is 2.06 bits per heavy atom. The van der Waals surface area contributed by atoms with Crippen molar-refractivity contribution >= 4 is 5.97 Å². The van der Waals surface area contributed by atoms with E-state index in [1.807, 2.05) is 13.8 Å². The van der Waals surface area contributed by atoms with Crippen LogP contribution in [-0.4, -0.2) is 16.2 Å². The SMILES string of the molecule is CC(C)CC(=O)OCc1cc(O)ccc1O. The van der Waals surface area contributed by atoms with Crippen molar-refractivity contribution in [3.8, 4) is 11.5 Å². The molecule has 0 radical (unpaired) electrons. The highest BCUT2D eigenvalue weighted by molar-refractivity contribution is 5.69. The molecule has 4 nitrogen and oxygen atoms in total. The summed E-state index contributed by atoms with van der Waals surface area (Å²) in [5.41, 5.74) is 0.400. The van der Waals surface area contributed by atoms with Crippen LogP contribution < -0.4 is 0 Å². The van der Waals surface area contributed by atoms with Gasteiger partial charge in [-0.25, -0.2) is 0 Å². The molecule has 2 N–H and O–H groups in total. The first kappa shape index (κ1) is 12.4. The van der Waals surface area contributed by atoms with Crippen LogP contribution in [0.3, 0.4) is 0 Å². The van der Waals surface area contributed by atoms with E-state index in [0.717, 1.165) is 0 Å². The van der Waals surface area contributed by atoms with Crippen LogP contribution in [0.2, 0.25) is 0 Å². The number of phenolic OH excluding ortho intramolecular Hbond substituents is 2. The van der Waals surface area contributed by atoms with Gasteiger partial charge in [-0.15, -0.1) is 0 Å². The number of esters is 1. The van der Waals surface area contributed by atoms with Gasteiger partial charge in [-0.3, -0.25) is 4.79 Å². The van der Waals surface area contributed by atoms with Crippen LogP contribution in [0.25, 0.3) is 0 Å². The molecule has 0 unspecified atom stereocenters. The third kappa shape index (κ3) is 3.81. The molecular weight excluding hydrogens is 208 g/mol. The highest BCUT2D eigenvalue weighted by atomic mass is 16.5. The molecule has 0 heterocycles. The lowest BCUT2D eigenvalue weighted by atomic mass is 10.1. The predicted octanol–water partition coefficient (Wildman–Crippen LogP) is 2.19. The van der Waals surface area contributed by atoms with Crippen molar-refractivity contribution in [2.24, 2.45) is 5.92 Å². The number of carbonyl (C=O) groups excluding carboxylic acids is 1. The number of hydrogen-bond acceptors (Lipinski definition) is 4. The highest BCUT2D eigenvalue weighted by Crippen LogP contribution is 2.22. The van der Waals surface area contributed by atoms with E-state index in [1.54, 1.807) is 0 Å². The Balaban J connectivity index is 2.54. The Morgan fingerprint density at radius 3 is 2.69 bits per heavy atom. The van der Waals surface area contributed by atoms with Crippen LogP contribution in [0, 0.1) is 5.92 Å². The van der Waals surface area contributed by atoms with Crippen molar-refractivity contribution in [3.05, 3.63) is 23.8 Å². The lowest BCUT2D eigenvalue weighted by Crippen LogP contribution is -2.07. The van der Waals surface area contributed by atoms with E-state index in [9.17, 15) is 15.0 Å². The minimum Gasteiger partial charge on any atom is -0.508 e. The molecule has 0 atom stereocenters. The summed E-state index contributed by atoms with van der Waals surface area (Å²) in [4.78, 5) is 11.3. The molecule has 88 valence electrons. The standard InChI is InChI=1S/C12H16O4/c1-8(2)5-12(15)16-7-9-6-10(13)3-4-11(9)14/h3-4,6,8,13-14H,5,7H2,1-2H3. The Morgan fingerprint density at radius 1 is 1.38 bits per heavy atom. The molecule has 1 aromatic carbocycles. The number of benzene rings is 1. The summed E-state index contributed by atoms with van der Waals surface area (Å²) < 4.78 is 4.96. The second-order valence-corrected chi connectivity index (χ2v) is 4.07. The largest absolute Gasteiger partial charge is 0.508 e. The van der Waals surface area contributed by atoms with Gasteiger partial charge in [0.15, 0.2) is 0 Å². The topological polar surface area (TPSA) is 66.8 Å². The molecule has 0 saturated heterocycles. The molecular formula is C12H16O4. The van der Waals surface area contributed by atoms with Crippen LogP contribution in [0.4, 0.5) is 0 Å². The highest BCUT2D eigenvalue weighted by Gasteiger charge is 2.08. The fraction of sp³-hybridized carbons (Fsp3) is 0.417. The summed E-state index contributed by atoms with van der Waals surface area (Å²) in [5.74, 6) is -0.0223. The van der Waals surface area contributed by atoms with Gasteiger partial charge in [-0.2, -0.15) is 0 Å². The lowest BCUT2D eigenvalue weighted by Gasteiger charge is -2.08. The van der Waals surface area contributed by atoms with E-state index in [4.69, 9.17) is 4.74 Å². The molecule has 0 fully saturated rings. The van der Waals surface area contributed by atoms with Crippen molar-refractivity contribution in [3.63, 3.8) is 0 Å². The van der Waals surface area contributed by atoms with Crippen molar-refractivity contribution in [1.29, 1.82) is 0 Å². The summed E-state index contributed by atoms with van der Waals surface area (Å²) in [5, 5.41) is 18.6. The molecule has 4 heteroatoms. The van der Waals surface area contributed by atoms with Crippen LogP contribution in [0.15, 0.2) is 18.2 Å². The van der Waals surface area contributed by atoms with Crippen LogP contribution in [-0.2, 0) is 16.1 Å². The summed E-state index contributed by atoms with van der Waals surface area (Å²) in [6, 6.07) is 4.10. The number of hydrogen-bond donors (Lipinski definition) is 2. The van der Waals surface area contributed by atoms with E-state index in [-0.39, 0.29) is 30.0 Å². The van der Waals surface area contributed by atoms with E-state index in [0.29, 0.717) is 12.0 Å². The maximum Gasteiger partial charge on any atom is 0.306 e. The van der Waals surface area contributed by atoms with Gasteiger partial charge < -0.3 is 14.9 Å². The molecule has 16 heavy (non-hydrogen) atoms. The van der Waals surface area contributed by atoms with Crippen LogP contribution >= 0.6 is 0 Å². The predicted molar refractivity (Wildman–Crippen MR) is 59.0 cm³/mol. The number of rotatable bonds is 4. The lowest BCUT2D eigenvalue weighted by molar-refractivity contribution is -0.145. The molecule has 0 aliphatic rings. The van der Waals surface area contributed by atoms with Gasteiger partial charge >= 0.3 is 5.97 Å². The van der Waals surface area contributed by atoms with Gasteiger partial charge in [-0.05, 0) is 24.1 Å². The van der Waals surface area contributed by atoms with Gasteiger partial charge in [0.1, 0.15) is 18.1 Å². The maximum atomic E-state index is 11.3. The first-order valence-electron chi connectivity index (χ1n) is 5.15. The molecule has 0 aliphatic heterocycles. The van der Waals surface area contributed by atoms with E-state index < -0.39 is 0 Å². The average Bonchev–Trinajstić information content (AvgIpc) is 2.18. The Bertz CT molecular complexity index is 371. The van der Waals surface area contributed by atoms with Gasteiger partial charge in [-0.1, -0.05) is 13.8 Å². The first-order chi connectivity index (χ1) is 7.49.